The van der Waals surface area contributed by atoms with Crippen molar-refractivity contribution in [2.24, 2.45) is 0 Å². The van der Waals surface area contributed by atoms with Crippen molar-refractivity contribution in [2.75, 3.05) is 4.90 Å². The summed E-state index contributed by atoms with van der Waals surface area (Å²) >= 11 is 0. The van der Waals surface area contributed by atoms with Crippen LogP contribution in [-0.4, -0.2) is 0 Å². The first-order chi connectivity index (χ1) is 28.1. The molecular formula is C57H47N. The van der Waals surface area contributed by atoms with Crippen LogP contribution in [0.5, 0.6) is 0 Å². The Hall–Kier alpha value is -6.44. The Bertz CT molecular complexity index is 2880. The van der Waals surface area contributed by atoms with Crippen LogP contribution in [0.15, 0.2) is 176 Å². The second kappa shape index (κ2) is 12.3. The van der Waals surface area contributed by atoms with Crippen LogP contribution in [0.2, 0.25) is 0 Å². The maximum Gasteiger partial charge on any atom is 0.0556 e. The Balaban J connectivity index is 1.32. The van der Waals surface area contributed by atoms with Crippen LogP contribution in [0.25, 0.3) is 55.6 Å². The largest absolute Gasteiger partial charge is 0.310 e. The highest BCUT2D eigenvalue weighted by molar-refractivity contribution is 6.10. The van der Waals surface area contributed by atoms with E-state index in [4.69, 9.17) is 0 Å². The van der Waals surface area contributed by atoms with E-state index in [-0.39, 0.29) is 16.2 Å². The number of rotatable bonds is 5. The highest BCUT2D eigenvalue weighted by Gasteiger charge is 2.49. The zero-order valence-corrected chi connectivity index (χ0v) is 34.2. The topological polar surface area (TPSA) is 3.24 Å². The third-order valence-corrected chi connectivity index (χ3v) is 13.8. The first-order valence-electron chi connectivity index (χ1n) is 20.8. The van der Waals surface area contributed by atoms with E-state index in [9.17, 15) is 0 Å². The molecule has 0 fully saturated rings. The molecule has 0 radical (unpaired) electrons. The molecular weight excluding hydrogens is 699 g/mol. The van der Waals surface area contributed by atoms with E-state index >= 15 is 0 Å². The summed E-state index contributed by atoms with van der Waals surface area (Å²) < 4.78 is 0. The van der Waals surface area contributed by atoms with Crippen LogP contribution >= 0.6 is 0 Å². The first kappa shape index (κ1) is 34.8. The monoisotopic (exact) mass is 745 g/mol. The Morgan fingerprint density at radius 3 is 1.34 bits per heavy atom. The molecule has 280 valence electrons. The number of benzene rings is 8. The van der Waals surface area contributed by atoms with E-state index in [1.54, 1.807) is 0 Å². The van der Waals surface area contributed by atoms with Gasteiger partial charge in [-0.2, -0.15) is 0 Å². The van der Waals surface area contributed by atoms with Crippen LogP contribution in [0, 0.1) is 0 Å². The van der Waals surface area contributed by atoms with E-state index in [2.05, 4.69) is 222 Å². The predicted molar refractivity (Wildman–Crippen MR) is 245 cm³/mol. The second-order valence-electron chi connectivity index (χ2n) is 18.1. The second-order valence-corrected chi connectivity index (χ2v) is 18.1. The lowest BCUT2D eigenvalue weighted by atomic mass is 9.73. The number of nitrogens with zero attached hydrogens (tertiary/aromatic N) is 1. The first-order valence-corrected chi connectivity index (χ1v) is 20.8. The minimum Gasteiger partial charge on any atom is -0.310 e. The maximum atomic E-state index is 2.65. The molecule has 0 heterocycles. The summed E-state index contributed by atoms with van der Waals surface area (Å²) in [6.07, 6.45) is 0. The molecule has 0 amide bonds. The Morgan fingerprint density at radius 2 is 0.759 bits per heavy atom. The van der Waals surface area contributed by atoms with Gasteiger partial charge in [0.1, 0.15) is 0 Å². The Morgan fingerprint density at radius 1 is 0.310 bits per heavy atom. The highest BCUT2D eigenvalue weighted by Crippen LogP contribution is 2.66. The van der Waals surface area contributed by atoms with Gasteiger partial charge in [-0.1, -0.05) is 193 Å². The van der Waals surface area contributed by atoms with Gasteiger partial charge in [0.2, 0.25) is 0 Å². The number of hydrogen-bond acceptors (Lipinski definition) is 1. The SMILES string of the molecule is CC1(C)c2ccccc2-c2cc(N(c3cccc(-c4ccccc4)c3)c3c4c(c(-c5ccccc5)c5c3C(C)(C)c3ccccc3-5)-c3ccccc3C4(C)C)ccc21. The molecule has 1 heteroatoms. The molecule has 0 spiro atoms. The molecule has 0 N–H and O–H groups in total. The van der Waals surface area contributed by atoms with Crippen LogP contribution < -0.4 is 4.90 Å². The molecule has 58 heavy (non-hydrogen) atoms. The van der Waals surface area contributed by atoms with Gasteiger partial charge in [-0.25, -0.2) is 0 Å². The number of hydrogen-bond donors (Lipinski definition) is 0. The van der Waals surface area contributed by atoms with Crippen molar-refractivity contribution in [1.29, 1.82) is 0 Å². The van der Waals surface area contributed by atoms with Gasteiger partial charge >= 0.3 is 0 Å². The van der Waals surface area contributed by atoms with Crippen molar-refractivity contribution in [3.8, 4) is 55.6 Å². The highest BCUT2D eigenvalue weighted by atomic mass is 15.2. The molecule has 8 aromatic carbocycles. The molecule has 0 aliphatic heterocycles. The summed E-state index contributed by atoms with van der Waals surface area (Å²) in [5.74, 6) is 0. The average Bonchev–Trinajstić information content (AvgIpc) is 3.74. The van der Waals surface area contributed by atoms with Gasteiger partial charge in [-0.15, -0.1) is 0 Å². The molecule has 0 saturated carbocycles. The zero-order valence-electron chi connectivity index (χ0n) is 34.2. The average molecular weight is 746 g/mol. The lowest BCUT2D eigenvalue weighted by molar-refractivity contribution is 0.640. The van der Waals surface area contributed by atoms with Crippen LogP contribution in [-0.2, 0) is 16.2 Å². The number of fused-ring (bicyclic) bond motifs is 9. The summed E-state index contributed by atoms with van der Waals surface area (Å²) in [5, 5.41) is 0. The molecule has 1 nitrogen and oxygen atoms in total. The van der Waals surface area contributed by atoms with Crippen molar-refractivity contribution in [3.05, 3.63) is 209 Å². The van der Waals surface area contributed by atoms with E-state index in [0.717, 1.165) is 5.69 Å². The molecule has 3 aliphatic carbocycles. The third kappa shape index (κ3) is 4.71. The standard InChI is InChI=1S/C57H47N/c1-55(2)45-29-16-13-26-41(45)44-35-40(32-33-48(44)55)58(39-25-19-24-38(34-39)36-20-9-7-10-21-36)54-52-50(42-27-14-17-30-46(42)56(52,3)4)49(37-22-11-8-12-23-37)51-43-28-15-18-31-47(43)57(5,6)53(51)54/h7-35H,1-6H3. The van der Waals surface area contributed by atoms with Crippen LogP contribution in [0.3, 0.4) is 0 Å². The molecule has 3 aliphatic rings. The van der Waals surface area contributed by atoms with E-state index in [1.807, 2.05) is 0 Å². The third-order valence-electron chi connectivity index (χ3n) is 13.8. The predicted octanol–water partition coefficient (Wildman–Crippen LogP) is 15.4. The Labute approximate surface area is 343 Å². The summed E-state index contributed by atoms with van der Waals surface area (Å²) in [7, 11) is 0. The molecule has 0 atom stereocenters. The fourth-order valence-electron chi connectivity index (χ4n) is 11.1. The minimum atomic E-state index is -0.300. The Kier molecular flexibility index (Phi) is 7.36. The molecule has 0 saturated heterocycles. The molecule has 0 bridgehead atoms. The van der Waals surface area contributed by atoms with Gasteiger partial charge in [-0.05, 0) is 113 Å². The van der Waals surface area contributed by atoms with E-state index in [0.29, 0.717) is 0 Å². The van der Waals surface area contributed by atoms with E-state index in [1.165, 1.54) is 100 Å². The molecule has 0 unspecified atom stereocenters. The zero-order chi connectivity index (χ0) is 39.6. The van der Waals surface area contributed by atoms with Crippen molar-refractivity contribution >= 4 is 17.1 Å². The fourth-order valence-corrected chi connectivity index (χ4v) is 11.1. The number of anilines is 3. The normalized spacial score (nSPS) is 15.5. The molecule has 0 aromatic heterocycles. The van der Waals surface area contributed by atoms with Crippen molar-refractivity contribution in [2.45, 2.75) is 57.8 Å². The summed E-state index contributed by atoms with van der Waals surface area (Å²) in [6.45, 7) is 14.6. The molecule has 8 aromatic rings. The van der Waals surface area contributed by atoms with Gasteiger partial charge in [-0.3, -0.25) is 0 Å². The summed E-state index contributed by atoms with van der Waals surface area (Å²) in [5.41, 5.74) is 24.3. The lowest BCUT2D eigenvalue weighted by Crippen LogP contribution is -2.26. The minimum absolute atomic E-state index is 0.0877. The van der Waals surface area contributed by atoms with Crippen LogP contribution in [0.4, 0.5) is 17.1 Å². The van der Waals surface area contributed by atoms with Gasteiger partial charge in [0, 0.05) is 27.6 Å². The fraction of sp³-hybridized carbons (Fsp3) is 0.158. The van der Waals surface area contributed by atoms with Gasteiger partial charge < -0.3 is 4.90 Å². The maximum absolute atomic E-state index is 2.65. The lowest BCUT2D eigenvalue weighted by Gasteiger charge is -2.38. The smallest absolute Gasteiger partial charge is 0.0556 e. The summed E-state index contributed by atoms with van der Waals surface area (Å²) in [4.78, 5) is 2.65. The van der Waals surface area contributed by atoms with E-state index < -0.39 is 0 Å². The summed E-state index contributed by atoms with van der Waals surface area (Å²) in [6, 6.07) is 65.9. The van der Waals surface area contributed by atoms with Crippen LogP contribution in [0.1, 0.15) is 74.9 Å². The quantitative estimate of drug-likeness (QED) is 0.170. The van der Waals surface area contributed by atoms with Gasteiger partial charge in [0.15, 0.2) is 0 Å². The van der Waals surface area contributed by atoms with Crippen molar-refractivity contribution in [3.63, 3.8) is 0 Å². The van der Waals surface area contributed by atoms with Gasteiger partial charge in [0.05, 0.1) is 5.69 Å². The molecule has 11 rings (SSSR count). The van der Waals surface area contributed by atoms with Gasteiger partial charge in [0.25, 0.3) is 0 Å². The van der Waals surface area contributed by atoms with Crippen molar-refractivity contribution < 1.29 is 0 Å². The van der Waals surface area contributed by atoms with Crippen molar-refractivity contribution in [1.82, 2.24) is 0 Å².